The average molecular weight is 574 g/mol. The molecule has 37 heavy (non-hydrogen) atoms. The summed E-state index contributed by atoms with van der Waals surface area (Å²) in [7, 11) is 1.86. The molecule has 2 aliphatic rings. The maximum absolute atomic E-state index is 13.4. The van der Waals surface area contributed by atoms with Crippen molar-refractivity contribution in [3.8, 4) is 0 Å². The van der Waals surface area contributed by atoms with Crippen molar-refractivity contribution in [2.45, 2.75) is 83.0 Å². The number of anilines is 1. The Morgan fingerprint density at radius 2 is 1.92 bits per heavy atom. The van der Waals surface area contributed by atoms with Gasteiger partial charge in [0, 0.05) is 41.7 Å². The molecule has 8 nitrogen and oxygen atoms in total. The number of benzene rings is 1. The summed E-state index contributed by atoms with van der Waals surface area (Å²) >= 11 is 3.54. The topological polar surface area (TPSA) is 95.0 Å². The van der Waals surface area contributed by atoms with Gasteiger partial charge in [-0.2, -0.15) is 0 Å². The molecule has 2 N–H and O–H groups in total. The van der Waals surface area contributed by atoms with E-state index in [0.717, 1.165) is 53.2 Å². The van der Waals surface area contributed by atoms with Crippen LogP contribution in [-0.2, 0) is 9.53 Å². The van der Waals surface area contributed by atoms with Gasteiger partial charge < -0.3 is 20.1 Å². The van der Waals surface area contributed by atoms with Crippen molar-refractivity contribution in [3.05, 3.63) is 41.0 Å². The number of hydrogen-bond donors (Lipinski definition) is 2. The first-order chi connectivity index (χ1) is 17.4. The summed E-state index contributed by atoms with van der Waals surface area (Å²) < 4.78 is 6.47. The summed E-state index contributed by atoms with van der Waals surface area (Å²) in [5.41, 5.74) is 1.65. The number of amides is 2. The zero-order valence-electron chi connectivity index (χ0n) is 22.1. The van der Waals surface area contributed by atoms with Crippen LogP contribution in [0.3, 0.4) is 0 Å². The molecule has 0 unspecified atom stereocenters. The fourth-order valence-electron chi connectivity index (χ4n) is 5.33. The molecule has 1 saturated heterocycles. The van der Waals surface area contributed by atoms with Crippen molar-refractivity contribution in [1.29, 1.82) is 0 Å². The normalized spacial score (nSPS) is 22.1. The molecule has 0 spiro atoms. The van der Waals surface area contributed by atoms with Gasteiger partial charge in [-0.1, -0.05) is 22.5 Å². The summed E-state index contributed by atoms with van der Waals surface area (Å²) in [6.45, 7) is 9.78. The number of nitrogens with zero attached hydrogens (tertiary/aromatic N) is 3. The van der Waals surface area contributed by atoms with Crippen molar-refractivity contribution < 1.29 is 19.4 Å². The molecule has 2 heterocycles. The minimum Gasteiger partial charge on any atom is -0.508 e. The van der Waals surface area contributed by atoms with Crippen molar-refractivity contribution in [2.24, 2.45) is 0 Å². The Morgan fingerprint density at radius 1 is 1.22 bits per heavy atom. The molecule has 1 aliphatic heterocycles. The first-order valence-electron chi connectivity index (χ1n) is 12.9. The highest BCUT2D eigenvalue weighted by Crippen LogP contribution is 2.34. The lowest BCUT2D eigenvalue weighted by molar-refractivity contribution is -0.137. The molecule has 2 fully saturated rings. The van der Waals surface area contributed by atoms with E-state index in [4.69, 9.17) is 4.74 Å². The summed E-state index contributed by atoms with van der Waals surface area (Å²) in [6.07, 6.45) is 6.14. The number of likely N-dealkylation sites (N-methyl/N-ethyl adjacent to an activating group) is 1. The van der Waals surface area contributed by atoms with E-state index in [1.54, 1.807) is 11.1 Å². The van der Waals surface area contributed by atoms with Crippen LogP contribution in [0.2, 0.25) is 0 Å². The second-order valence-electron chi connectivity index (χ2n) is 11.1. The molecule has 2 aromatic rings. The average Bonchev–Trinajstić information content (AvgIpc) is 3.33. The largest absolute Gasteiger partial charge is 0.508 e. The van der Waals surface area contributed by atoms with Gasteiger partial charge in [0.2, 0.25) is 5.91 Å². The number of aromatic nitrogens is 1. The van der Waals surface area contributed by atoms with E-state index >= 15 is 0 Å². The molecule has 0 bridgehead atoms. The van der Waals surface area contributed by atoms with Gasteiger partial charge >= 0.3 is 6.09 Å². The van der Waals surface area contributed by atoms with Gasteiger partial charge in [0.1, 0.15) is 17.4 Å². The summed E-state index contributed by atoms with van der Waals surface area (Å²) in [5, 5.41) is 14.7. The monoisotopic (exact) mass is 572 g/mol. The highest BCUT2D eigenvalue weighted by molar-refractivity contribution is 9.10. The molecule has 1 aromatic carbocycles. The van der Waals surface area contributed by atoms with Crippen LogP contribution in [0.25, 0.3) is 16.7 Å². The molecule has 1 aromatic heterocycles. The molecule has 1 saturated carbocycles. The van der Waals surface area contributed by atoms with E-state index in [0.29, 0.717) is 18.5 Å². The van der Waals surface area contributed by atoms with Gasteiger partial charge in [-0.3, -0.25) is 14.7 Å². The van der Waals surface area contributed by atoms with Gasteiger partial charge in [-0.15, -0.1) is 0 Å². The number of likely N-dealkylation sites (tertiary alicyclic amines) is 1. The molecular formula is C28H37BrN4O4. The van der Waals surface area contributed by atoms with Crippen molar-refractivity contribution in [2.75, 3.05) is 18.9 Å². The maximum Gasteiger partial charge on any atom is 0.410 e. The van der Waals surface area contributed by atoms with E-state index in [-0.39, 0.29) is 23.8 Å². The fourth-order valence-corrected chi connectivity index (χ4v) is 5.69. The number of aliphatic hydroxyl groups is 1. The van der Waals surface area contributed by atoms with E-state index in [1.165, 1.54) is 0 Å². The zero-order chi connectivity index (χ0) is 26.9. The van der Waals surface area contributed by atoms with Crippen LogP contribution in [-0.4, -0.2) is 69.2 Å². The van der Waals surface area contributed by atoms with Crippen LogP contribution in [0, 0.1) is 0 Å². The lowest BCUT2D eigenvalue weighted by Crippen LogP contribution is -2.51. The smallest absolute Gasteiger partial charge is 0.410 e. The van der Waals surface area contributed by atoms with E-state index in [1.807, 2.05) is 50.9 Å². The van der Waals surface area contributed by atoms with Crippen LogP contribution in [0.1, 0.15) is 64.9 Å². The third-order valence-corrected chi connectivity index (χ3v) is 7.74. The Bertz CT molecular complexity index is 1190. The zero-order valence-corrected chi connectivity index (χ0v) is 23.7. The molecule has 1 aliphatic carbocycles. The molecule has 200 valence electrons. The number of ether oxygens (including phenoxy) is 1. The van der Waals surface area contributed by atoms with E-state index in [9.17, 15) is 14.7 Å². The number of aliphatic hydroxyl groups excluding tert-OH is 1. The molecule has 0 radical (unpaired) electrons. The summed E-state index contributed by atoms with van der Waals surface area (Å²) in [5.74, 6) is -0.0365. The number of hydrogen-bond acceptors (Lipinski definition) is 6. The second-order valence-corrected chi connectivity index (χ2v) is 12.0. The molecular weight excluding hydrogens is 536 g/mol. The number of halogens is 1. The number of carbonyl (C=O) groups excluding carboxylic acids is 2. The predicted octanol–water partition coefficient (Wildman–Crippen LogP) is 6.11. The molecule has 4 rings (SSSR count). The summed E-state index contributed by atoms with van der Waals surface area (Å²) in [4.78, 5) is 34.0. The van der Waals surface area contributed by atoms with Crippen LogP contribution < -0.4 is 5.32 Å². The highest BCUT2D eigenvalue weighted by Gasteiger charge is 2.39. The van der Waals surface area contributed by atoms with Crippen molar-refractivity contribution in [3.63, 3.8) is 0 Å². The summed E-state index contributed by atoms with van der Waals surface area (Å²) in [6, 6.07) is 5.71. The minimum atomic E-state index is -0.594. The van der Waals surface area contributed by atoms with Gasteiger partial charge in [0.25, 0.3) is 0 Å². The fraction of sp³-hybridized carbons (Fsp3) is 0.536. The maximum atomic E-state index is 13.4. The molecule has 9 heteroatoms. The van der Waals surface area contributed by atoms with Crippen LogP contribution in [0.4, 0.5) is 10.5 Å². The number of nitrogens with one attached hydrogen (secondary N) is 1. The quantitative estimate of drug-likeness (QED) is 0.420. The first kappa shape index (κ1) is 27.2. The standard InChI is InChI=1S/C28H37BrN4O4/c1-17(34)22-16-30-23-13-8-18(29)15-21(23)25(22)31-19-9-11-20(12-10-19)32(5)26(35)24-7-6-14-33(24)27(36)37-28(2,3)4/h8,13,15-16,19-20,24,34H,1,6-7,9-12,14H2,2-5H3,(H,30,31)/t19?,20?,24-/m0/s1. The van der Waals surface area contributed by atoms with E-state index in [2.05, 4.69) is 32.8 Å². The molecule has 1 atom stereocenters. The SMILES string of the molecule is C=C(O)c1cnc2ccc(Br)cc2c1NC1CCC(N(C)C(=O)[C@@H]2CCCN2C(=O)OC(C)(C)C)CC1. The van der Waals surface area contributed by atoms with Crippen molar-refractivity contribution in [1.82, 2.24) is 14.8 Å². The number of pyridine rings is 1. The lowest BCUT2D eigenvalue weighted by Gasteiger charge is -2.38. The van der Waals surface area contributed by atoms with Crippen LogP contribution >= 0.6 is 15.9 Å². The van der Waals surface area contributed by atoms with Crippen LogP contribution in [0.15, 0.2) is 35.4 Å². The number of rotatable bonds is 5. The Kier molecular flexibility index (Phi) is 8.02. The Hall–Kier alpha value is -2.81. The van der Waals surface area contributed by atoms with Gasteiger partial charge in [-0.25, -0.2) is 4.79 Å². The highest BCUT2D eigenvalue weighted by atomic mass is 79.9. The Morgan fingerprint density at radius 3 is 2.57 bits per heavy atom. The van der Waals surface area contributed by atoms with Gasteiger partial charge in [0.05, 0.1) is 16.8 Å². The first-order valence-corrected chi connectivity index (χ1v) is 13.7. The third-order valence-electron chi connectivity index (χ3n) is 7.25. The van der Waals surface area contributed by atoms with Crippen LogP contribution in [0.5, 0.6) is 0 Å². The number of fused-ring (bicyclic) bond motifs is 1. The van der Waals surface area contributed by atoms with Gasteiger partial charge in [0.15, 0.2) is 0 Å². The Labute approximate surface area is 227 Å². The predicted molar refractivity (Wildman–Crippen MR) is 150 cm³/mol. The lowest BCUT2D eigenvalue weighted by atomic mass is 9.89. The number of carbonyl (C=O) groups is 2. The third kappa shape index (κ3) is 6.20. The van der Waals surface area contributed by atoms with Gasteiger partial charge in [-0.05, 0) is 77.5 Å². The molecule has 2 amide bonds. The van der Waals surface area contributed by atoms with E-state index < -0.39 is 17.7 Å². The van der Waals surface area contributed by atoms with Crippen molar-refractivity contribution >= 4 is 50.3 Å². The second kappa shape index (κ2) is 10.9. The Balaban J connectivity index is 1.41. The minimum absolute atomic E-state index is 0.0105.